The number of hydrogen-bond donors (Lipinski definition) is 1. The molecular weight excluding hydrogens is 202 g/mol. The van der Waals surface area contributed by atoms with Crippen LogP contribution in [0.25, 0.3) is 0 Å². The molecule has 0 bridgehead atoms. The summed E-state index contributed by atoms with van der Waals surface area (Å²) < 4.78 is 0. The van der Waals surface area contributed by atoms with Crippen molar-refractivity contribution in [2.24, 2.45) is 5.73 Å². The maximum absolute atomic E-state index is 12.3. The number of hydrogen-bond acceptors (Lipinski definition) is 3. The van der Waals surface area contributed by atoms with Crippen molar-refractivity contribution in [3.05, 3.63) is 0 Å². The van der Waals surface area contributed by atoms with Gasteiger partial charge in [-0.1, -0.05) is 0 Å². The second kappa shape index (κ2) is 4.72. The summed E-state index contributed by atoms with van der Waals surface area (Å²) >= 11 is 0. The molecule has 1 aliphatic rings. The van der Waals surface area contributed by atoms with Crippen LogP contribution in [-0.4, -0.2) is 53.5 Å². The van der Waals surface area contributed by atoms with Crippen LogP contribution < -0.4 is 5.73 Å². The van der Waals surface area contributed by atoms with Crippen LogP contribution in [0, 0.1) is 0 Å². The predicted molar refractivity (Wildman–Crippen MR) is 66.2 cm³/mol. The van der Waals surface area contributed by atoms with Crippen LogP contribution in [0.2, 0.25) is 0 Å². The molecule has 94 valence electrons. The number of rotatable bonds is 3. The van der Waals surface area contributed by atoms with Crippen LogP contribution in [0.4, 0.5) is 0 Å². The van der Waals surface area contributed by atoms with Gasteiger partial charge < -0.3 is 10.6 Å². The SMILES string of the molecule is CC(C)N1CC(C)(C)N(C)C(=O)C1CCN. The van der Waals surface area contributed by atoms with Gasteiger partial charge in [0.1, 0.15) is 0 Å². The molecule has 4 heteroatoms. The molecule has 1 aliphatic heterocycles. The molecule has 0 aromatic rings. The van der Waals surface area contributed by atoms with E-state index in [1.807, 2.05) is 11.9 Å². The topological polar surface area (TPSA) is 49.6 Å². The molecule has 1 unspecified atom stereocenters. The normalized spacial score (nSPS) is 26.6. The summed E-state index contributed by atoms with van der Waals surface area (Å²) in [6.45, 7) is 9.97. The average Bonchev–Trinajstić information content (AvgIpc) is 2.19. The van der Waals surface area contributed by atoms with E-state index in [0.717, 1.165) is 13.0 Å². The molecule has 4 nitrogen and oxygen atoms in total. The van der Waals surface area contributed by atoms with E-state index in [-0.39, 0.29) is 17.5 Å². The summed E-state index contributed by atoms with van der Waals surface area (Å²) in [5.41, 5.74) is 5.51. The van der Waals surface area contributed by atoms with E-state index < -0.39 is 0 Å². The minimum atomic E-state index is -0.0908. The minimum Gasteiger partial charge on any atom is -0.338 e. The first kappa shape index (κ1) is 13.5. The van der Waals surface area contributed by atoms with Gasteiger partial charge in [-0.05, 0) is 40.7 Å². The first-order chi connectivity index (χ1) is 7.31. The zero-order valence-electron chi connectivity index (χ0n) is 11.2. The monoisotopic (exact) mass is 227 g/mol. The van der Waals surface area contributed by atoms with Gasteiger partial charge in [-0.25, -0.2) is 0 Å². The highest BCUT2D eigenvalue weighted by Gasteiger charge is 2.42. The van der Waals surface area contributed by atoms with E-state index in [4.69, 9.17) is 5.73 Å². The Kier molecular flexibility index (Phi) is 3.97. The van der Waals surface area contributed by atoms with Crippen LogP contribution in [-0.2, 0) is 4.79 Å². The Morgan fingerprint density at radius 3 is 2.50 bits per heavy atom. The molecule has 1 rings (SSSR count). The molecule has 1 amide bonds. The van der Waals surface area contributed by atoms with Crippen LogP contribution in [0.5, 0.6) is 0 Å². The fourth-order valence-corrected chi connectivity index (χ4v) is 2.32. The Bertz CT molecular complexity index is 263. The standard InChI is InChI=1S/C12H25N3O/c1-9(2)15-8-12(3,4)14(5)11(16)10(15)6-7-13/h9-10H,6-8,13H2,1-5H3. The fourth-order valence-electron chi connectivity index (χ4n) is 2.32. The van der Waals surface area contributed by atoms with Gasteiger partial charge in [-0.3, -0.25) is 9.69 Å². The molecule has 0 radical (unpaired) electrons. The zero-order valence-corrected chi connectivity index (χ0v) is 11.2. The lowest BCUT2D eigenvalue weighted by atomic mass is 9.93. The predicted octanol–water partition coefficient (Wildman–Crippen LogP) is 0.665. The van der Waals surface area contributed by atoms with Crippen molar-refractivity contribution in [3.63, 3.8) is 0 Å². The zero-order chi connectivity index (χ0) is 12.5. The van der Waals surface area contributed by atoms with Crippen LogP contribution in [0.15, 0.2) is 0 Å². The lowest BCUT2D eigenvalue weighted by Crippen LogP contribution is -2.66. The number of nitrogens with two attached hydrogens (primary N) is 1. The molecule has 1 saturated heterocycles. The third-order valence-corrected chi connectivity index (χ3v) is 3.60. The summed E-state index contributed by atoms with van der Waals surface area (Å²) in [7, 11) is 1.89. The lowest BCUT2D eigenvalue weighted by Gasteiger charge is -2.50. The van der Waals surface area contributed by atoms with E-state index >= 15 is 0 Å². The summed E-state index contributed by atoms with van der Waals surface area (Å²) in [5, 5.41) is 0. The van der Waals surface area contributed by atoms with E-state index in [1.54, 1.807) is 0 Å². The summed E-state index contributed by atoms with van der Waals surface area (Å²) in [4.78, 5) is 16.4. The van der Waals surface area contributed by atoms with Crippen molar-refractivity contribution in [1.29, 1.82) is 0 Å². The van der Waals surface area contributed by atoms with Crippen molar-refractivity contribution in [3.8, 4) is 0 Å². The number of nitrogens with zero attached hydrogens (tertiary/aromatic N) is 2. The van der Waals surface area contributed by atoms with E-state index in [0.29, 0.717) is 12.6 Å². The van der Waals surface area contributed by atoms with Crippen molar-refractivity contribution >= 4 is 5.91 Å². The average molecular weight is 227 g/mol. The highest BCUT2D eigenvalue weighted by molar-refractivity contribution is 5.83. The Hall–Kier alpha value is -0.610. The second-order valence-electron chi connectivity index (χ2n) is 5.57. The van der Waals surface area contributed by atoms with Gasteiger partial charge in [-0.15, -0.1) is 0 Å². The van der Waals surface area contributed by atoms with E-state index in [9.17, 15) is 4.79 Å². The maximum atomic E-state index is 12.3. The Balaban J connectivity index is 2.93. The quantitative estimate of drug-likeness (QED) is 0.771. The van der Waals surface area contributed by atoms with Gasteiger partial charge >= 0.3 is 0 Å². The molecular formula is C12H25N3O. The molecule has 16 heavy (non-hydrogen) atoms. The fraction of sp³-hybridized carbons (Fsp3) is 0.917. The van der Waals surface area contributed by atoms with Crippen LogP contribution in [0.1, 0.15) is 34.1 Å². The van der Waals surface area contributed by atoms with E-state index in [2.05, 4.69) is 32.6 Å². The van der Waals surface area contributed by atoms with Crippen LogP contribution >= 0.6 is 0 Å². The maximum Gasteiger partial charge on any atom is 0.240 e. The van der Waals surface area contributed by atoms with Crippen LogP contribution in [0.3, 0.4) is 0 Å². The largest absolute Gasteiger partial charge is 0.338 e. The molecule has 2 N–H and O–H groups in total. The number of likely N-dealkylation sites (N-methyl/N-ethyl adjacent to an activating group) is 1. The molecule has 0 spiro atoms. The molecule has 1 heterocycles. The first-order valence-electron chi connectivity index (χ1n) is 6.04. The van der Waals surface area contributed by atoms with Gasteiger partial charge in [0, 0.05) is 25.2 Å². The first-order valence-corrected chi connectivity index (χ1v) is 6.04. The second-order valence-corrected chi connectivity index (χ2v) is 5.57. The summed E-state index contributed by atoms with van der Waals surface area (Å²) in [6, 6.07) is 0.344. The summed E-state index contributed by atoms with van der Waals surface area (Å²) in [6.07, 6.45) is 0.747. The molecule has 0 aromatic heterocycles. The minimum absolute atomic E-state index is 0.0389. The molecule has 1 fully saturated rings. The van der Waals surface area contributed by atoms with Crippen molar-refractivity contribution in [1.82, 2.24) is 9.80 Å². The molecule has 0 aliphatic carbocycles. The number of carbonyl (C=O) groups excluding carboxylic acids is 1. The van der Waals surface area contributed by atoms with Crippen molar-refractivity contribution in [2.45, 2.75) is 51.7 Å². The van der Waals surface area contributed by atoms with Crippen molar-refractivity contribution < 1.29 is 4.79 Å². The van der Waals surface area contributed by atoms with Gasteiger partial charge in [0.25, 0.3) is 0 Å². The highest BCUT2D eigenvalue weighted by atomic mass is 16.2. The smallest absolute Gasteiger partial charge is 0.240 e. The number of amides is 1. The summed E-state index contributed by atoms with van der Waals surface area (Å²) in [5.74, 6) is 0.204. The van der Waals surface area contributed by atoms with Gasteiger partial charge in [0.05, 0.1) is 6.04 Å². The molecule has 1 atom stereocenters. The van der Waals surface area contributed by atoms with Crippen molar-refractivity contribution in [2.75, 3.05) is 20.1 Å². The highest BCUT2D eigenvalue weighted by Crippen LogP contribution is 2.26. The number of piperazine rings is 1. The third kappa shape index (κ3) is 2.38. The van der Waals surface area contributed by atoms with E-state index in [1.165, 1.54) is 0 Å². The number of carbonyl (C=O) groups is 1. The Morgan fingerprint density at radius 1 is 1.50 bits per heavy atom. The molecule has 0 saturated carbocycles. The van der Waals surface area contributed by atoms with Gasteiger partial charge in [0.2, 0.25) is 5.91 Å². The molecule has 0 aromatic carbocycles. The Morgan fingerprint density at radius 2 is 2.06 bits per heavy atom. The lowest BCUT2D eigenvalue weighted by molar-refractivity contribution is -0.151. The Labute approximate surface area is 98.8 Å². The van der Waals surface area contributed by atoms with Gasteiger partial charge in [0.15, 0.2) is 0 Å². The van der Waals surface area contributed by atoms with Gasteiger partial charge in [-0.2, -0.15) is 0 Å². The third-order valence-electron chi connectivity index (χ3n) is 3.60.